The highest BCUT2D eigenvalue weighted by Gasteiger charge is 2.51. The lowest BCUT2D eigenvalue weighted by Gasteiger charge is -2.32. The van der Waals surface area contributed by atoms with Crippen LogP contribution in [0.4, 0.5) is 5.69 Å². The Morgan fingerprint density at radius 1 is 1.31 bits per heavy atom. The van der Waals surface area contributed by atoms with Crippen molar-refractivity contribution in [1.29, 1.82) is 5.26 Å². The van der Waals surface area contributed by atoms with E-state index in [0.29, 0.717) is 11.3 Å². The molecule has 0 bridgehead atoms. The van der Waals surface area contributed by atoms with Gasteiger partial charge in [-0.05, 0) is 39.2 Å². The van der Waals surface area contributed by atoms with Crippen LogP contribution in [0.5, 0.6) is 0 Å². The monoisotopic (exact) mass is 397 g/mol. The third kappa shape index (κ3) is 3.40. The van der Waals surface area contributed by atoms with E-state index in [1.807, 2.05) is 33.8 Å². The number of nitrogens with two attached hydrogens (primary N) is 1. The number of aliphatic hydroxyl groups excluding tert-OH is 1. The normalized spacial score (nSPS) is 17.2. The summed E-state index contributed by atoms with van der Waals surface area (Å²) >= 11 is 0. The Morgan fingerprint density at radius 2 is 1.93 bits per heavy atom. The molecule has 1 aliphatic rings. The number of hydrogen-bond acceptors (Lipinski definition) is 7. The van der Waals surface area contributed by atoms with Crippen LogP contribution in [-0.2, 0) is 20.7 Å². The number of ether oxygens (including phenoxy) is 1. The molecule has 1 aromatic carbocycles. The number of carbonyl (C=O) groups excluding carboxylic acids is 1. The number of esters is 1. The van der Waals surface area contributed by atoms with Crippen molar-refractivity contribution in [1.82, 2.24) is 4.57 Å². The number of benzene rings is 1. The SMILES string of the molecule is COC(=O)c1c(N)c(C#N)cn1-c1ccc(B2OC(C)(C)C(C)(C)O2)cc1CO. The Labute approximate surface area is 169 Å². The van der Waals surface area contributed by atoms with Crippen molar-refractivity contribution in [2.75, 3.05) is 12.8 Å². The van der Waals surface area contributed by atoms with E-state index in [1.54, 1.807) is 18.2 Å². The van der Waals surface area contributed by atoms with E-state index < -0.39 is 24.3 Å². The minimum atomic E-state index is -0.678. The number of aliphatic hydroxyl groups is 1. The number of anilines is 1. The molecule has 1 saturated heterocycles. The van der Waals surface area contributed by atoms with Crippen LogP contribution in [0.3, 0.4) is 0 Å². The van der Waals surface area contributed by atoms with Crippen molar-refractivity contribution >= 4 is 24.2 Å². The van der Waals surface area contributed by atoms with Crippen LogP contribution in [0.1, 0.15) is 49.3 Å². The van der Waals surface area contributed by atoms with Gasteiger partial charge >= 0.3 is 13.1 Å². The fraction of sp³-hybridized carbons (Fsp3) is 0.400. The predicted octanol–water partition coefficient (Wildman–Crippen LogP) is 1.51. The zero-order valence-electron chi connectivity index (χ0n) is 17.1. The number of aromatic nitrogens is 1. The third-order valence-corrected chi connectivity index (χ3v) is 5.60. The van der Waals surface area contributed by atoms with Gasteiger partial charge < -0.3 is 29.5 Å². The first-order valence-electron chi connectivity index (χ1n) is 9.15. The molecule has 0 unspecified atom stereocenters. The maximum absolute atomic E-state index is 12.2. The van der Waals surface area contributed by atoms with Gasteiger partial charge in [0.05, 0.1) is 41.9 Å². The average Bonchev–Trinajstić information content (AvgIpc) is 3.12. The van der Waals surface area contributed by atoms with Crippen molar-refractivity contribution in [3.8, 4) is 11.8 Å². The van der Waals surface area contributed by atoms with E-state index in [-0.39, 0.29) is 23.6 Å². The van der Waals surface area contributed by atoms with Gasteiger partial charge in [0.2, 0.25) is 0 Å². The molecule has 1 fully saturated rings. The molecule has 152 valence electrons. The lowest BCUT2D eigenvalue weighted by Crippen LogP contribution is -2.41. The highest BCUT2D eigenvalue weighted by molar-refractivity contribution is 6.62. The Hall–Kier alpha value is -2.80. The Bertz CT molecular complexity index is 990. The summed E-state index contributed by atoms with van der Waals surface area (Å²) in [7, 11) is 0.642. The van der Waals surface area contributed by atoms with Gasteiger partial charge in [-0.3, -0.25) is 0 Å². The molecule has 0 amide bonds. The lowest BCUT2D eigenvalue weighted by atomic mass is 9.78. The van der Waals surface area contributed by atoms with Crippen LogP contribution in [0.15, 0.2) is 24.4 Å². The van der Waals surface area contributed by atoms with Gasteiger partial charge in [-0.2, -0.15) is 5.26 Å². The zero-order chi connectivity index (χ0) is 21.6. The molecule has 0 atom stereocenters. The molecule has 9 heteroatoms. The van der Waals surface area contributed by atoms with Crippen LogP contribution < -0.4 is 11.2 Å². The molecular weight excluding hydrogens is 373 g/mol. The molecule has 1 aliphatic heterocycles. The lowest BCUT2D eigenvalue weighted by molar-refractivity contribution is 0.00578. The van der Waals surface area contributed by atoms with Crippen LogP contribution >= 0.6 is 0 Å². The second-order valence-electron chi connectivity index (χ2n) is 7.91. The first-order valence-corrected chi connectivity index (χ1v) is 9.15. The molecule has 0 aliphatic carbocycles. The van der Waals surface area contributed by atoms with Crippen molar-refractivity contribution in [3.63, 3.8) is 0 Å². The summed E-state index contributed by atoms with van der Waals surface area (Å²) in [5.74, 6) is -0.678. The summed E-state index contributed by atoms with van der Waals surface area (Å²) in [5.41, 5.74) is 6.92. The first kappa shape index (κ1) is 20.9. The Kier molecular flexibility index (Phi) is 5.21. The molecule has 2 heterocycles. The predicted molar refractivity (Wildman–Crippen MR) is 108 cm³/mol. The summed E-state index contributed by atoms with van der Waals surface area (Å²) < 4.78 is 18.4. The van der Waals surface area contributed by atoms with E-state index in [2.05, 4.69) is 0 Å². The highest BCUT2D eigenvalue weighted by atomic mass is 16.7. The van der Waals surface area contributed by atoms with Crippen LogP contribution in [0.2, 0.25) is 0 Å². The molecular formula is C20H24BN3O5. The van der Waals surface area contributed by atoms with Gasteiger partial charge in [0, 0.05) is 11.8 Å². The minimum Gasteiger partial charge on any atom is -0.464 e. The molecule has 0 spiro atoms. The highest BCUT2D eigenvalue weighted by Crippen LogP contribution is 2.36. The Balaban J connectivity index is 2.08. The molecule has 3 N–H and O–H groups in total. The molecule has 3 rings (SSSR count). The molecule has 0 radical (unpaired) electrons. The number of rotatable bonds is 4. The summed E-state index contributed by atoms with van der Waals surface area (Å²) in [5, 5.41) is 19.3. The second-order valence-corrected chi connectivity index (χ2v) is 7.91. The summed E-state index contributed by atoms with van der Waals surface area (Å²) in [6.07, 6.45) is 1.45. The second kappa shape index (κ2) is 7.23. The molecule has 1 aromatic heterocycles. The van der Waals surface area contributed by atoms with Gasteiger partial charge in [-0.1, -0.05) is 12.1 Å². The maximum atomic E-state index is 12.2. The zero-order valence-corrected chi connectivity index (χ0v) is 17.1. The number of nitrogen functional groups attached to an aromatic ring is 1. The van der Waals surface area contributed by atoms with Gasteiger partial charge in [0.15, 0.2) is 5.69 Å². The van der Waals surface area contributed by atoms with Gasteiger partial charge in [0.25, 0.3) is 0 Å². The number of carbonyl (C=O) groups is 1. The van der Waals surface area contributed by atoms with Crippen molar-refractivity contribution in [2.45, 2.75) is 45.5 Å². The van der Waals surface area contributed by atoms with Gasteiger partial charge in [-0.15, -0.1) is 0 Å². The summed E-state index contributed by atoms with van der Waals surface area (Å²) in [6, 6.07) is 7.22. The molecule has 8 nitrogen and oxygen atoms in total. The van der Waals surface area contributed by atoms with Gasteiger partial charge in [0.1, 0.15) is 6.07 Å². The minimum absolute atomic E-state index is 0.0262. The number of methoxy groups -OCH3 is 1. The maximum Gasteiger partial charge on any atom is 0.494 e. The topological polar surface area (TPSA) is 120 Å². The molecule has 29 heavy (non-hydrogen) atoms. The average molecular weight is 397 g/mol. The molecule has 2 aromatic rings. The third-order valence-electron chi connectivity index (χ3n) is 5.60. The van der Waals surface area contributed by atoms with Crippen LogP contribution in [0, 0.1) is 11.3 Å². The molecule has 0 saturated carbocycles. The van der Waals surface area contributed by atoms with Crippen molar-refractivity contribution < 1.29 is 23.9 Å². The standard InChI is InChI=1S/C20H24BN3O5/c1-19(2)20(3,4)29-21(28-19)14-6-7-15(12(8-14)11-25)24-10-13(9-22)16(23)17(24)18(26)27-5/h6-8,10,25H,11,23H2,1-5H3. The fourth-order valence-electron chi connectivity index (χ4n) is 3.20. The number of hydrogen-bond donors (Lipinski definition) is 2. The van der Waals surface area contributed by atoms with Crippen LogP contribution in [-0.4, -0.2) is 41.1 Å². The fourth-order valence-corrected chi connectivity index (χ4v) is 3.20. The smallest absolute Gasteiger partial charge is 0.464 e. The van der Waals surface area contributed by atoms with E-state index in [9.17, 15) is 15.2 Å². The largest absolute Gasteiger partial charge is 0.494 e. The van der Waals surface area contributed by atoms with Crippen molar-refractivity contribution in [2.24, 2.45) is 0 Å². The number of nitrogens with zero attached hydrogens (tertiary/aromatic N) is 2. The summed E-state index contributed by atoms with van der Waals surface area (Å²) in [4.78, 5) is 12.2. The Morgan fingerprint density at radius 3 is 2.45 bits per heavy atom. The van der Waals surface area contributed by atoms with E-state index in [0.717, 1.165) is 5.46 Å². The quantitative estimate of drug-likeness (QED) is 0.593. The first-order chi connectivity index (χ1) is 13.6. The van der Waals surface area contributed by atoms with Gasteiger partial charge in [-0.25, -0.2) is 4.79 Å². The summed E-state index contributed by atoms with van der Waals surface area (Å²) in [6.45, 7) is 7.54. The van der Waals surface area contributed by atoms with Crippen LogP contribution in [0.25, 0.3) is 5.69 Å². The van der Waals surface area contributed by atoms with Crippen molar-refractivity contribution in [3.05, 3.63) is 41.2 Å². The van der Waals surface area contributed by atoms with E-state index >= 15 is 0 Å². The number of nitriles is 1. The van der Waals surface area contributed by atoms with E-state index in [4.69, 9.17) is 19.8 Å². The van der Waals surface area contributed by atoms with E-state index in [1.165, 1.54) is 17.9 Å².